The molecule has 0 saturated carbocycles. The van der Waals surface area contributed by atoms with Gasteiger partial charge in [0.15, 0.2) is 0 Å². The first-order valence-corrected chi connectivity index (χ1v) is 9.35. The highest BCUT2D eigenvalue weighted by Gasteiger charge is 2.39. The molecule has 0 aliphatic carbocycles. The van der Waals surface area contributed by atoms with Crippen molar-refractivity contribution >= 4 is 11.6 Å². The molecule has 1 aromatic rings. The molecule has 1 aliphatic rings. The van der Waals surface area contributed by atoms with E-state index in [4.69, 9.17) is 14.2 Å². The summed E-state index contributed by atoms with van der Waals surface area (Å²) >= 11 is 0. The lowest BCUT2D eigenvalue weighted by Gasteiger charge is -2.35. The van der Waals surface area contributed by atoms with E-state index in [0.29, 0.717) is 26.4 Å². The number of carbonyl (C=O) groups is 1. The summed E-state index contributed by atoms with van der Waals surface area (Å²) in [6, 6.07) is 7.80. The van der Waals surface area contributed by atoms with Crippen molar-refractivity contribution in [2.24, 2.45) is 5.41 Å². The number of anilines is 1. The van der Waals surface area contributed by atoms with Crippen LogP contribution in [0.25, 0.3) is 0 Å². The third kappa shape index (κ3) is 6.36. The van der Waals surface area contributed by atoms with E-state index in [1.807, 2.05) is 38.1 Å². The Morgan fingerprint density at radius 3 is 2.73 bits per heavy atom. The molecule has 0 spiro atoms. The van der Waals surface area contributed by atoms with Crippen LogP contribution < -0.4 is 10.6 Å². The summed E-state index contributed by atoms with van der Waals surface area (Å²) in [4.78, 5) is 12.9. The number of rotatable bonds is 10. The Bertz CT molecular complexity index is 551. The van der Waals surface area contributed by atoms with Crippen molar-refractivity contribution in [3.05, 3.63) is 29.8 Å². The lowest BCUT2D eigenvalue weighted by molar-refractivity contribution is -0.130. The van der Waals surface area contributed by atoms with Gasteiger partial charge in [-0.2, -0.15) is 0 Å². The largest absolute Gasteiger partial charge is 0.384 e. The second-order valence-electron chi connectivity index (χ2n) is 7.09. The van der Waals surface area contributed by atoms with Gasteiger partial charge in [-0.15, -0.1) is 0 Å². The van der Waals surface area contributed by atoms with Crippen LogP contribution in [0.15, 0.2) is 24.3 Å². The predicted molar refractivity (Wildman–Crippen MR) is 102 cm³/mol. The summed E-state index contributed by atoms with van der Waals surface area (Å²) in [5.74, 6) is 0.0317. The van der Waals surface area contributed by atoms with Gasteiger partial charge in [-0.05, 0) is 57.5 Å². The number of benzene rings is 1. The standard InChI is InChI=1S/C20H32N2O4/c1-16(2)26-12-11-25-14-17-5-4-6-18(13-17)22-19(23)20(15-24-3)7-9-21-10-8-20/h4-6,13,16,21H,7-12,14-15H2,1-3H3,(H,22,23). The van der Waals surface area contributed by atoms with Gasteiger partial charge in [-0.1, -0.05) is 12.1 Å². The van der Waals surface area contributed by atoms with E-state index in [9.17, 15) is 4.79 Å². The summed E-state index contributed by atoms with van der Waals surface area (Å²) in [6.45, 7) is 7.76. The van der Waals surface area contributed by atoms with E-state index in [1.54, 1.807) is 7.11 Å². The van der Waals surface area contributed by atoms with Gasteiger partial charge in [0.1, 0.15) is 0 Å². The highest BCUT2D eigenvalue weighted by Crippen LogP contribution is 2.31. The van der Waals surface area contributed by atoms with E-state index in [-0.39, 0.29) is 12.0 Å². The highest BCUT2D eigenvalue weighted by atomic mass is 16.5. The van der Waals surface area contributed by atoms with Crippen molar-refractivity contribution in [1.29, 1.82) is 0 Å². The molecule has 1 fully saturated rings. The minimum absolute atomic E-state index is 0.0317. The quantitative estimate of drug-likeness (QED) is 0.625. The van der Waals surface area contributed by atoms with Gasteiger partial charge in [0.05, 0.1) is 37.9 Å². The average molecular weight is 364 g/mol. The Morgan fingerprint density at radius 2 is 2.04 bits per heavy atom. The maximum absolute atomic E-state index is 12.9. The van der Waals surface area contributed by atoms with Crippen molar-refractivity contribution in [2.75, 3.05) is 45.3 Å². The van der Waals surface area contributed by atoms with Crippen LogP contribution in [0.5, 0.6) is 0 Å². The summed E-state index contributed by atoms with van der Waals surface area (Å²) in [6.07, 6.45) is 1.78. The minimum atomic E-state index is -0.458. The zero-order valence-corrected chi connectivity index (χ0v) is 16.2. The normalized spacial score (nSPS) is 16.6. The number of hydrogen-bond donors (Lipinski definition) is 2. The van der Waals surface area contributed by atoms with E-state index in [0.717, 1.165) is 37.2 Å². The molecule has 0 unspecified atom stereocenters. The number of ether oxygens (including phenoxy) is 3. The first kappa shape index (κ1) is 20.8. The third-order valence-corrected chi connectivity index (χ3v) is 4.60. The summed E-state index contributed by atoms with van der Waals surface area (Å²) in [5, 5.41) is 6.37. The van der Waals surface area contributed by atoms with Crippen LogP contribution in [-0.2, 0) is 25.6 Å². The molecule has 146 valence electrons. The number of amides is 1. The van der Waals surface area contributed by atoms with E-state index in [1.165, 1.54) is 0 Å². The van der Waals surface area contributed by atoms with E-state index < -0.39 is 5.41 Å². The Balaban J connectivity index is 1.89. The van der Waals surface area contributed by atoms with Crippen LogP contribution in [-0.4, -0.2) is 52.0 Å². The fraction of sp³-hybridized carbons (Fsp3) is 0.650. The number of hydrogen-bond acceptors (Lipinski definition) is 5. The van der Waals surface area contributed by atoms with Crippen molar-refractivity contribution in [3.8, 4) is 0 Å². The van der Waals surface area contributed by atoms with Crippen LogP contribution in [0.3, 0.4) is 0 Å². The van der Waals surface area contributed by atoms with Gasteiger partial charge in [0, 0.05) is 12.8 Å². The molecular formula is C20H32N2O4. The molecule has 0 radical (unpaired) electrons. The van der Waals surface area contributed by atoms with Crippen LogP contribution >= 0.6 is 0 Å². The zero-order valence-electron chi connectivity index (χ0n) is 16.2. The summed E-state index contributed by atoms with van der Waals surface area (Å²) in [7, 11) is 1.65. The first-order valence-electron chi connectivity index (χ1n) is 9.35. The monoisotopic (exact) mass is 364 g/mol. The fourth-order valence-corrected chi connectivity index (χ4v) is 3.15. The topological polar surface area (TPSA) is 68.8 Å². The smallest absolute Gasteiger partial charge is 0.233 e. The Labute approximate surface area is 156 Å². The maximum Gasteiger partial charge on any atom is 0.233 e. The lowest BCUT2D eigenvalue weighted by atomic mass is 9.78. The SMILES string of the molecule is COCC1(C(=O)Nc2cccc(COCCOC(C)C)c2)CCNCC1. The van der Waals surface area contributed by atoms with Gasteiger partial charge < -0.3 is 24.8 Å². The van der Waals surface area contributed by atoms with Crippen molar-refractivity contribution in [1.82, 2.24) is 5.32 Å². The third-order valence-electron chi connectivity index (χ3n) is 4.60. The van der Waals surface area contributed by atoms with Crippen LogP contribution in [0, 0.1) is 5.41 Å². The molecule has 6 nitrogen and oxygen atoms in total. The Kier molecular flexibility index (Phi) is 8.51. The molecule has 1 amide bonds. The van der Waals surface area contributed by atoms with Crippen LogP contribution in [0.4, 0.5) is 5.69 Å². The van der Waals surface area contributed by atoms with Gasteiger partial charge in [0.25, 0.3) is 0 Å². The number of piperidine rings is 1. The Morgan fingerprint density at radius 1 is 1.27 bits per heavy atom. The fourth-order valence-electron chi connectivity index (χ4n) is 3.15. The number of carbonyl (C=O) groups excluding carboxylic acids is 1. The molecule has 1 aliphatic heterocycles. The molecule has 6 heteroatoms. The molecule has 26 heavy (non-hydrogen) atoms. The second kappa shape index (κ2) is 10.6. The van der Waals surface area contributed by atoms with Crippen molar-refractivity contribution in [3.63, 3.8) is 0 Å². The zero-order chi connectivity index (χ0) is 18.8. The van der Waals surface area contributed by atoms with Crippen molar-refractivity contribution in [2.45, 2.75) is 39.4 Å². The van der Waals surface area contributed by atoms with Gasteiger partial charge in [-0.3, -0.25) is 4.79 Å². The van der Waals surface area contributed by atoms with E-state index >= 15 is 0 Å². The van der Waals surface area contributed by atoms with E-state index in [2.05, 4.69) is 10.6 Å². The van der Waals surface area contributed by atoms with Crippen molar-refractivity contribution < 1.29 is 19.0 Å². The molecule has 2 N–H and O–H groups in total. The number of methoxy groups -OCH3 is 1. The Hall–Kier alpha value is -1.47. The van der Waals surface area contributed by atoms with Gasteiger partial charge in [0.2, 0.25) is 5.91 Å². The van der Waals surface area contributed by atoms with Gasteiger partial charge >= 0.3 is 0 Å². The molecule has 2 rings (SSSR count). The minimum Gasteiger partial charge on any atom is -0.384 e. The first-order chi connectivity index (χ1) is 12.6. The molecule has 1 saturated heterocycles. The molecule has 0 aromatic heterocycles. The molecular weight excluding hydrogens is 332 g/mol. The highest BCUT2D eigenvalue weighted by molar-refractivity contribution is 5.95. The lowest BCUT2D eigenvalue weighted by Crippen LogP contribution is -2.47. The summed E-state index contributed by atoms with van der Waals surface area (Å²) < 4.78 is 16.4. The predicted octanol–water partition coefficient (Wildman–Crippen LogP) is 2.58. The van der Waals surface area contributed by atoms with Gasteiger partial charge in [-0.25, -0.2) is 0 Å². The molecule has 0 atom stereocenters. The second-order valence-corrected chi connectivity index (χ2v) is 7.09. The number of nitrogens with one attached hydrogen (secondary N) is 2. The average Bonchev–Trinajstić information content (AvgIpc) is 2.62. The maximum atomic E-state index is 12.9. The molecule has 1 heterocycles. The molecule has 1 aromatic carbocycles. The summed E-state index contributed by atoms with van der Waals surface area (Å²) in [5.41, 5.74) is 1.36. The van der Waals surface area contributed by atoms with Crippen LogP contribution in [0.2, 0.25) is 0 Å². The van der Waals surface area contributed by atoms with Crippen LogP contribution in [0.1, 0.15) is 32.3 Å². The molecule has 0 bridgehead atoms.